The molecule has 0 unspecified atom stereocenters. The first-order valence-electron chi connectivity index (χ1n) is 12.4. The molecule has 0 aliphatic carbocycles. The molecule has 3 aliphatic rings. The number of carbonyl (C=O) groups excluding carboxylic acids is 3. The second-order valence-corrected chi connectivity index (χ2v) is 10.5. The number of rotatable bonds is 6. The number of halogens is 1. The number of anilines is 2. The first-order chi connectivity index (χ1) is 19.3. The maximum Gasteiger partial charge on any atom is 0.271 e. The van der Waals surface area contributed by atoms with Crippen LogP contribution in [0, 0.1) is 22.0 Å². The van der Waals surface area contributed by atoms with Crippen molar-refractivity contribution < 1.29 is 28.8 Å². The monoisotopic (exact) mass is 603 g/mol. The van der Waals surface area contributed by atoms with Crippen LogP contribution in [0.3, 0.4) is 0 Å². The zero-order chi connectivity index (χ0) is 28.3. The summed E-state index contributed by atoms with van der Waals surface area (Å²) >= 11 is 3.43. The fraction of sp³-hybridized carbons (Fsp3) is 0.207. The van der Waals surface area contributed by atoms with Gasteiger partial charge in [-0.25, -0.2) is 4.90 Å². The van der Waals surface area contributed by atoms with Crippen LogP contribution in [0.4, 0.5) is 17.1 Å². The van der Waals surface area contributed by atoms with Gasteiger partial charge in [-0.05, 0) is 51.8 Å². The number of carbonyl (C=O) groups is 3. The molecular weight excluding hydrogens is 582 g/mol. The summed E-state index contributed by atoms with van der Waals surface area (Å²) in [4.78, 5) is 56.2. The summed E-state index contributed by atoms with van der Waals surface area (Å²) in [6.07, 6.45) is 3.73. The van der Waals surface area contributed by atoms with Crippen molar-refractivity contribution in [2.24, 2.45) is 11.8 Å². The van der Waals surface area contributed by atoms with Gasteiger partial charge in [-0.1, -0.05) is 30.4 Å². The molecular formula is C29H22BrN3O7. The standard InChI is InChI=1S/C29H22BrN3O7/c1-39-22-11-8-16(13-18(22)30)27(34)26-25-24(20-10-7-15-5-3-4-6-19(15)31(20)26)28(35)32(29(25)36)21-14-17(33(37)38)9-12-23(21)40-2/h3-14,20,24-26H,1-2H3/t20-,24+,25-,26+/m1/s1. The number of benzene rings is 3. The summed E-state index contributed by atoms with van der Waals surface area (Å²) in [6.45, 7) is 0. The van der Waals surface area contributed by atoms with E-state index < -0.39 is 40.7 Å². The van der Waals surface area contributed by atoms with E-state index in [9.17, 15) is 24.5 Å². The first-order valence-corrected chi connectivity index (χ1v) is 13.2. The van der Waals surface area contributed by atoms with Crippen LogP contribution in [-0.2, 0) is 9.59 Å². The Labute approximate surface area is 237 Å². The quantitative estimate of drug-likeness (QED) is 0.173. The number of nitro benzene ring substituents is 1. The van der Waals surface area contributed by atoms with E-state index >= 15 is 0 Å². The number of Topliss-reactive ketones (excluding diaryl/α,β-unsaturated/α-hetero) is 1. The van der Waals surface area contributed by atoms with Gasteiger partial charge in [0.2, 0.25) is 11.8 Å². The molecule has 11 heteroatoms. The topological polar surface area (TPSA) is 119 Å². The van der Waals surface area contributed by atoms with Crippen LogP contribution in [0.15, 0.2) is 71.2 Å². The molecule has 0 aromatic heterocycles. The van der Waals surface area contributed by atoms with E-state index in [4.69, 9.17) is 9.47 Å². The first kappa shape index (κ1) is 25.8. The molecule has 3 aliphatic heterocycles. The van der Waals surface area contributed by atoms with E-state index in [0.29, 0.717) is 15.8 Å². The van der Waals surface area contributed by atoms with E-state index in [0.717, 1.165) is 22.2 Å². The minimum Gasteiger partial charge on any atom is -0.496 e. The summed E-state index contributed by atoms with van der Waals surface area (Å²) in [5.41, 5.74) is 1.64. The van der Waals surface area contributed by atoms with Crippen molar-refractivity contribution in [3.63, 3.8) is 0 Å². The Morgan fingerprint density at radius 3 is 2.33 bits per heavy atom. The van der Waals surface area contributed by atoms with Gasteiger partial charge in [0.15, 0.2) is 5.78 Å². The molecule has 10 nitrogen and oxygen atoms in total. The van der Waals surface area contributed by atoms with Crippen LogP contribution in [0.5, 0.6) is 11.5 Å². The molecule has 3 aromatic carbocycles. The van der Waals surface area contributed by atoms with Crippen LogP contribution >= 0.6 is 15.9 Å². The zero-order valence-corrected chi connectivity index (χ0v) is 22.9. The highest BCUT2D eigenvalue weighted by Gasteiger charge is 2.64. The molecule has 0 radical (unpaired) electrons. The van der Waals surface area contributed by atoms with Gasteiger partial charge >= 0.3 is 0 Å². The average molecular weight is 604 g/mol. The summed E-state index contributed by atoms with van der Waals surface area (Å²) in [5.74, 6) is -2.74. The Morgan fingerprint density at radius 1 is 0.925 bits per heavy atom. The molecule has 2 fully saturated rings. The summed E-state index contributed by atoms with van der Waals surface area (Å²) in [5, 5.41) is 11.5. The number of nitrogens with zero attached hydrogens (tertiary/aromatic N) is 3. The minimum atomic E-state index is -1.04. The molecule has 0 N–H and O–H groups in total. The van der Waals surface area contributed by atoms with Gasteiger partial charge < -0.3 is 14.4 Å². The van der Waals surface area contributed by atoms with Crippen LogP contribution < -0.4 is 19.3 Å². The molecule has 2 saturated heterocycles. The molecule has 202 valence electrons. The number of hydrogen-bond acceptors (Lipinski definition) is 8. The lowest BCUT2D eigenvalue weighted by Crippen LogP contribution is -2.48. The number of hydrogen-bond donors (Lipinski definition) is 0. The number of non-ortho nitro benzene ring substituents is 1. The largest absolute Gasteiger partial charge is 0.496 e. The molecule has 40 heavy (non-hydrogen) atoms. The Bertz CT molecular complexity index is 1640. The molecule has 2 amide bonds. The van der Waals surface area contributed by atoms with Crippen LogP contribution in [-0.4, -0.2) is 48.8 Å². The second kappa shape index (κ2) is 9.60. The lowest BCUT2D eigenvalue weighted by atomic mass is 9.86. The number of nitro groups is 1. The van der Waals surface area contributed by atoms with Crippen LogP contribution in [0.1, 0.15) is 15.9 Å². The van der Waals surface area contributed by atoms with Crippen molar-refractivity contribution in [2.75, 3.05) is 24.0 Å². The molecule has 4 atom stereocenters. The summed E-state index contributed by atoms with van der Waals surface area (Å²) in [7, 11) is 2.87. The van der Waals surface area contributed by atoms with E-state index in [2.05, 4.69) is 15.9 Å². The molecule has 3 heterocycles. The number of imide groups is 1. The smallest absolute Gasteiger partial charge is 0.271 e. The maximum atomic E-state index is 14.2. The number of ether oxygens (including phenoxy) is 2. The molecule has 0 bridgehead atoms. The molecule has 0 spiro atoms. The van der Waals surface area contributed by atoms with E-state index in [1.165, 1.54) is 26.4 Å². The van der Waals surface area contributed by atoms with Crippen molar-refractivity contribution in [3.8, 4) is 11.5 Å². The normalized spacial score (nSPS) is 22.6. The number of fused-ring (bicyclic) bond motifs is 5. The lowest BCUT2D eigenvalue weighted by molar-refractivity contribution is -0.384. The Hall–Kier alpha value is -4.51. The zero-order valence-electron chi connectivity index (χ0n) is 21.3. The molecule has 0 saturated carbocycles. The highest BCUT2D eigenvalue weighted by Crippen LogP contribution is 2.51. The maximum absolute atomic E-state index is 14.2. The van der Waals surface area contributed by atoms with Crippen molar-refractivity contribution >= 4 is 56.7 Å². The van der Waals surface area contributed by atoms with E-state index in [1.54, 1.807) is 18.2 Å². The number of methoxy groups -OCH3 is 2. The minimum absolute atomic E-state index is 0.0220. The number of para-hydroxylation sites is 1. The van der Waals surface area contributed by atoms with Gasteiger partial charge in [0.1, 0.15) is 23.2 Å². The summed E-state index contributed by atoms with van der Waals surface area (Å²) < 4.78 is 11.2. The van der Waals surface area contributed by atoms with Gasteiger partial charge in [-0.15, -0.1) is 0 Å². The van der Waals surface area contributed by atoms with Gasteiger partial charge in [-0.3, -0.25) is 24.5 Å². The van der Waals surface area contributed by atoms with Crippen molar-refractivity contribution in [2.45, 2.75) is 12.1 Å². The van der Waals surface area contributed by atoms with Crippen molar-refractivity contribution in [1.29, 1.82) is 0 Å². The molecule has 3 aromatic rings. The van der Waals surface area contributed by atoms with Gasteiger partial charge in [0.25, 0.3) is 5.69 Å². The fourth-order valence-electron chi connectivity index (χ4n) is 6.01. The van der Waals surface area contributed by atoms with Crippen LogP contribution in [0.25, 0.3) is 6.08 Å². The van der Waals surface area contributed by atoms with Crippen LogP contribution in [0.2, 0.25) is 0 Å². The third-order valence-corrected chi connectivity index (χ3v) is 8.35. The SMILES string of the molecule is COc1ccc(C(=O)[C@@H]2[C@@H]3C(=O)N(c4cc([N+](=O)[O-])ccc4OC)C(=O)[C@H]3[C@H]3C=Cc4ccccc4N32)cc1Br. The average Bonchev–Trinajstić information content (AvgIpc) is 3.44. The van der Waals surface area contributed by atoms with Gasteiger partial charge in [0.05, 0.1) is 41.5 Å². The predicted molar refractivity (Wildman–Crippen MR) is 150 cm³/mol. The third kappa shape index (κ3) is 3.72. The highest BCUT2D eigenvalue weighted by atomic mass is 79.9. The number of amides is 2. The highest BCUT2D eigenvalue weighted by molar-refractivity contribution is 9.10. The fourth-order valence-corrected chi connectivity index (χ4v) is 6.55. The third-order valence-electron chi connectivity index (χ3n) is 7.73. The van der Waals surface area contributed by atoms with Gasteiger partial charge in [0, 0.05) is 23.4 Å². The van der Waals surface area contributed by atoms with Gasteiger partial charge in [-0.2, -0.15) is 0 Å². The summed E-state index contributed by atoms with van der Waals surface area (Å²) in [6, 6.07) is 14.6. The van der Waals surface area contributed by atoms with Crippen molar-refractivity contribution in [3.05, 3.63) is 92.5 Å². The Balaban J connectivity index is 1.50. The Morgan fingerprint density at radius 2 is 1.62 bits per heavy atom. The van der Waals surface area contributed by atoms with E-state index in [1.807, 2.05) is 41.3 Å². The van der Waals surface area contributed by atoms with E-state index in [-0.39, 0.29) is 22.9 Å². The Kier molecular flexibility index (Phi) is 6.18. The predicted octanol–water partition coefficient (Wildman–Crippen LogP) is 4.65. The lowest BCUT2D eigenvalue weighted by Gasteiger charge is -2.36. The second-order valence-electron chi connectivity index (χ2n) is 9.65. The van der Waals surface area contributed by atoms with Crippen molar-refractivity contribution in [1.82, 2.24) is 0 Å². The molecule has 6 rings (SSSR count). The number of ketones is 1.